The van der Waals surface area contributed by atoms with Crippen molar-refractivity contribution in [2.45, 2.75) is 0 Å². The molecule has 1 aliphatic rings. The number of rotatable bonds is 2. The average molecular weight is 312 g/mol. The smallest absolute Gasteiger partial charge is 0.254 e. The second-order valence-electron chi connectivity index (χ2n) is 4.63. The third-order valence-corrected chi connectivity index (χ3v) is 3.93. The van der Waals surface area contributed by atoms with Crippen molar-refractivity contribution in [2.75, 3.05) is 38.5 Å². The van der Waals surface area contributed by atoms with E-state index in [9.17, 15) is 4.79 Å². The van der Waals surface area contributed by atoms with Crippen LogP contribution in [-0.4, -0.2) is 48.4 Å². The van der Waals surface area contributed by atoms with Crippen LogP contribution in [0.3, 0.4) is 0 Å². The highest BCUT2D eigenvalue weighted by molar-refractivity contribution is 6.39. The zero-order valence-corrected chi connectivity index (χ0v) is 12.4. The molecular formula is C14H15Cl2N3O. The summed E-state index contributed by atoms with van der Waals surface area (Å²) < 4.78 is 0. The molecule has 1 amide bonds. The Kier molecular flexibility index (Phi) is 4.77. The Morgan fingerprint density at radius 2 is 1.80 bits per heavy atom. The second-order valence-corrected chi connectivity index (χ2v) is 5.44. The Bertz CT molecular complexity index is 537. The Labute approximate surface area is 128 Å². The van der Waals surface area contributed by atoms with Gasteiger partial charge in [-0.2, -0.15) is 0 Å². The number of anilines is 1. The van der Waals surface area contributed by atoms with Crippen molar-refractivity contribution in [2.24, 2.45) is 0 Å². The third kappa shape index (κ3) is 3.18. The van der Waals surface area contributed by atoms with E-state index < -0.39 is 0 Å². The van der Waals surface area contributed by atoms with Gasteiger partial charge in [0.25, 0.3) is 5.91 Å². The molecule has 1 aromatic carbocycles. The van der Waals surface area contributed by atoms with Crippen LogP contribution in [0.25, 0.3) is 0 Å². The molecular weight excluding hydrogens is 297 g/mol. The number of benzene rings is 1. The Morgan fingerprint density at radius 3 is 2.30 bits per heavy atom. The minimum atomic E-state index is -0.0887. The molecule has 0 spiro atoms. The number of carbonyl (C=O) groups excluding carboxylic acids is 1. The zero-order valence-electron chi connectivity index (χ0n) is 10.9. The molecule has 0 radical (unpaired) electrons. The van der Waals surface area contributed by atoms with Crippen LogP contribution in [0.15, 0.2) is 12.1 Å². The first-order valence-corrected chi connectivity index (χ1v) is 6.98. The van der Waals surface area contributed by atoms with Gasteiger partial charge in [-0.3, -0.25) is 9.69 Å². The van der Waals surface area contributed by atoms with Crippen molar-refractivity contribution < 1.29 is 4.79 Å². The van der Waals surface area contributed by atoms with E-state index >= 15 is 0 Å². The molecule has 1 fully saturated rings. The quantitative estimate of drug-likeness (QED) is 0.671. The first kappa shape index (κ1) is 15.0. The molecule has 1 aliphatic heterocycles. The molecule has 2 N–H and O–H groups in total. The lowest BCUT2D eigenvalue weighted by molar-refractivity contribution is 0.0652. The Balaban J connectivity index is 2.08. The standard InChI is InChI=1S/C14H15Cl2N3O/c1-2-3-18-4-6-19(7-5-18)14(20)10-8-11(15)13(17)12(16)9-10/h1,8-9H,3-7,17H2. The average Bonchev–Trinajstić information content (AvgIpc) is 2.44. The lowest BCUT2D eigenvalue weighted by atomic mass is 10.1. The summed E-state index contributed by atoms with van der Waals surface area (Å²) in [4.78, 5) is 16.3. The van der Waals surface area contributed by atoms with Gasteiger partial charge in [-0.25, -0.2) is 0 Å². The van der Waals surface area contributed by atoms with Gasteiger partial charge in [0.15, 0.2) is 0 Å². The monoisotopic (exact) mass is 311 g/mol. The van der Waals surface area contributed by atoms with Crippen molar-refractivity contribution in [1.29, 1.82) is 0 Å². The molecule has 0 unspecified atom stereocenters. The lowest BCUT2D eigenvalue weighted by Gasteiger charge is -2.33. The highest BCUT2D eigenvalue weighted by Crippen LogP contribution is 2.29. The van der Waals surface area contributed by atoms with Crippen molar-refractivity contribution in [1.82, 2.24) is 9.80 Å². The summed E-state index contributed by atoms with van der Waals surface area (Å²) in [5.74, 6) is 2.52. The molecule has 2 rings (SSSR count). The van der Waals surface area contributed by atoms with E-state index in [0.29, 0.717) is 40.9 Å². The predicted molar refractivity (Wildman–Crippen MR) is 82.1 cm³/mol. The molecule has 20 heavy (non-hydrogen) atoms. The van der Waals surface area contributed by atoms with Crippen LogP contribution in [0.2, 0.25) is 10.0 Å². The minimum Gasteiger partial charge on any atom is -0.396 e. The molecule has 1 saturated heterocycles. The molecule has 0 atom stereocenters. The molecule has 0 saturated carbocycles. The molecule has 106 valence electrons. The summed E-state index contributed by atoms with van der Waals surface area (Å²) in [6, 6.07) is 3.11. The predicted octanol–water partition coefficient (Wildman–Crippen LogP) is 1.97. The number of hydrogen-bond acceptors (Lipinski definition) is 3. The first-order valence-electron chi connectivity index (χ1n) is 6.22. The highest BCUT2D eigenvalue weighted by atomic mass is 35.5. The van der Waals surface area contributed by atoms with Gasteiger partial charge in [0.2, 0.25) is 0 Å². The normalized spacial score (nSPS) is 15.9. The van der Waals surface area contributed by atoms with E-state index in [1.165, 1.54) is 0 Å². The van der Waals surface area contributed by atoms with Gasteiger partial charge >= 0.3 is 0 Å². The zero-order chi connectivity index (χ0) is 14.7. The van der Waals surface area contributed by atoms with Gasteiger partial charge in [0.05, 0.1) is 22.3 Å². The Morgan fingerprint density at radius 1 is 1.25 bits per heavy atom. The fourth-order valence-corrected chi connectivity index (χ4v) is 2.62. The Hall–Kier alpha value is -1.41. The van der Waals surface area contributed by atoms with Crippen LogP contribution in [0.4, 0.5) is 5.69 Å². The number of amides is 1. The fourth-order valence-electron chi connectivity index (χ4n) is 2.13. The summed E-state index contributed by atoms with van der Waals surface area (Å²) in [5, 5.41) is 0.596. The second kappa shape index (κ2) is 6.36. The van der Waals surface area contributed by atoms with Gasteiger partial charge in [0.1, 0.15) is 0 Å². The van der Waals surface area contributed by atoms with Crippen LogP contribution in [0.1, 0.15) is 10.4 Å². The summed E-state index contributed by atoms with van der Waals surface area (Å²) >= 11 is 11.9. The number of carbonyl (C=O) groups is 1. The van der Waals surface area contributed by atoms with Gasteiger partial charge < -0.3 is 10.6 Å². The van der Waals surface area contributed by atoms with Crippen molar-refractivity contribution in [3.63, 3.8) is 0 Å². The van der Waals surface area contributed by atoms with Crippen LogP contribution >= 0.6 is 23.2 Å². The number of halogens is 2. The lowest BCUT2D eigenvalue weighted by Crippen LogP contribution is -2.48. The molecule has 0 bridgehead atoms. The first-order chi connectivity index (χ1) is 9.52. The topological polar surface area (TPSA) is 49.6 Å². The van der Waals surface area contributed by atoms with E-state index in [2.05, 4.69) is 10.8 Å². The maximum atomic E-state index is 12.4. The number of nitrogens with two attached hydrogens (primary N) is 1. The molecule has 1 heterocycles. The molecule has 0 aromatic heterocycles. The van der Waals surface area contributed by atoms with Crippen molar-refractivity contribution in [3.8, 4) is 12.3 Å². The van der Waals surface area contributed by atoms with Crippen LogP contribution in [-0.2, 0) is 0 Å². The van der Waals surface area contributed by atoms with Gasteiger partial charge in [0, 0.05) is 31.7 Å². The highest BCUT2D eigenvalue weighted by Gasteiger charge is 2.22. The van der Waals surface area contributed by atoms with Crippen LogP contribution in [0, 0.1) is 12.3 Å². The summed E-state index contributed by atoms with van der Waals surface area (Å²) in [6.07, 6.45) is 5.28. The fraction of sp³-hybridized carbons (Fsp3) is 0.357. The maximum absolute atomic E-state index is 12.4. The number of nitrogen functional groups attached to an aromatic ring is 1. The SMILES string of the molecule is C#CCN1CCN(C(=O)c2cc(Cl)c(N)c(Cl)c2)CC1. The van der Waals surface area contributed by atoms with Crippen LogP contribution < -0.4 is 5.73 Å². The number of nitrogens with zero attached hydrogens (tertiary/aromatic N) is 2. The van der Waals surface area contributed by atoms with Crippen molar-refractivity contribution in [3.05, 3.63) is 27.7 Å². The molecule has 0 aliphatic carbocycles. The van der Waals surface area contributed by atoms with Gasteiger partial charge in [-0.1, -0.05) is 29.1 Å². The summed E-state index contributed by atoms with van der Waals surface area (Å²) in [6.45, 7) is 3.43. The number of terminal acetylenes is 1. The molecule has 1 aromatic rings. The maximum Gasteiger partial charge on any atom is 0.254 e. The van der Waals surface area contributed by atoms with Crippen molar-refractivity contribution >= 4 is 34.8 Å². The summed E-state index contributed by atoms with van der Waals surface area (Å²) in [7, 11) is 0. The minimum absolute atomic E-state index is 0.0887. The van der Waals surface area contributed by atoms with E-state index in [4.69, 9.17) is 35.4 Å². The number of hydrogen-bond donors (Lipinski definition) is 1. The van der Waals surface area contributed by atoms with E-state index in [1.807, 2.05) is 0 Å². The van der Waals surface area contributed by atoms with E-state index in [1.54, 1.807) is 17.0 Å². The van der Waals surface area contributed by atoms with E-state index in [-0.39, 0.29) is 5.91 Å². The summed E-state index contributed by atoms with van der Waals surface area (Å²) in [5.41, 5.74) is 6.42. The van der Waals surface area contributed by atoms with Crippen LogP contribution in [0.5, 0.6) is 0 Å². The van der Waals surface area contributed by atoms with E-state index in [0.717, 1.165) is 13.1 Å². The third-order valence-electron chi connectivity index (χ3n) is 3.30. The number of piperazine rings is 1. The molecule has 6 heteroatoms. The molecule has 4 nitrogen and oxygen atoms in total. The van der Waals surface area contributed by atoms with Gasteiger partial charge in [-0.15, -0.1) is 6.42 Å². The largest absolute Gasteiger partial charge is 0.396 e. The van der Waals surface area contributed by atoms with Gasteiger partial charge in [-0.05, 0) is 12.1 Å².